The summed E-state index contributed by atoms with van der Waals surface area (Å²) in [6.07, 6.45) is 1.79. The highest BCUT2D eigenvalue weighted by molar-refractivity contribution is 6.06. The van der Waals surface area contributed by atoms with E-state index in [0.717, 1.165) is 44.7 Å². The van der Waals surface area contributed by atoms with Crippen LogP contribution in [-0.2, 0) is 5.41 Å². The molecular formula is C32H27N3O. The topological polar surface area (TPSA) is 50.8 Å². The van der Waals surface area contributed by atoms with E-state index in [0.29, 0.717) is 5.88 Å². The Kier molecular flexibility index (Phi) is 5.30. The van der Waals surface area contributed by atoms with E-state index in [1.807, 2.05) is 42.5 Å². The van der Waals surface area contributed by atoms with Gasteiger partial charge in [0.2, 0.25) is 5.88 Å². The second-order valence-electron chi connectivity index (χ2n) is 10.1. The van der Waals surface area contributed by atoms with Crippen molar-refractivity contribution in [3.05, 3.63) is 109 Å². The van der Waals surface area contributed by atoms with Crippen LogP contribution in [0.3, 0.4) is 0 Å². The van der Waals surface area contributed by atoms with E-state index in [-0.39, 0.29) is 5.41 Å². The standard InChI is InChI=1S/C32H27N3O/c1-32(2,3)24-17-23(28-14-13-27-26-11-7-8-12-29(26)35-31(27)34-28)18-25(20-24)36-30-19-22(15-16-33-30)21-9-5-4-6-10-21/h4-20H,1-3H3,(H,34,35). The molecule has 6 aromatic rings. The third kappa shape index (κ3) is 4.22. The van der Waals surface area contributed by atoms with Crippen LogP contribution in [0.1, 0.15) is 26.3 Å². The molecule has 0 atom stereocenters. The van der Waals surface area contributed by atoms with E-state index in [1.54, 1.807) is 6.20 Å². The molecule has 36 heavy (non-hydrogen) atoms. The van der Waals surface area contributed by atoms with E-state index in [9.17, 15) is 0 Å². The zero-order valence-corrected chi connectivity index (χ0v) is 20.6. The monoisotopic (exact) mass is 469 g/mol. The average molecular weight is 470 g/mol. The van der Waals surface area contributed by atoms with E-state index >= 15 is 0 Å². The second kappa shape index (κ2) is 8.65. The lowest BCUT2D eigenvalue weighted by atomic mass is 9.85. The van der Waals surface area contributed by atoms with Crippen LogP contribution < -0.4 is 4.74 Å². The molecule has 0 amide bonds. The number of hydrogen-bond acceptors (Lipinski definition) is 3. The van der Waals surface area contributed by atoms with Gasteiger partial charge in [-0.3, -0.25) is 0 Å². The lowest BCUT2D eigenvalue weighted by molar-refractivity contribution is 0.460. The molecule has 0 aliphatic carbocycles. The van der Waals surface area contributed by atoms with E-state index in [1.165, 1.54) is 10.9 Å². The molecule has 0 fully saturated rings. The molecule has 0 spiro atoms. The number of nitrogens with one attached hydrogen (secondary N) is 1. The molecule has 176 valence electrons. The average Bonchev–Trinajstić information content (AvgIpc) is 3.26. The Hall–Kier alpha value is -4.44. The zero-order chi connectivity index (χ0) is 24.7. The molecule has 0 bridgehead atoms. The van der Waals surface area contributed by atoms with Crippen LogP contribution in [0, 0.1) is 0 Å². The Balaban J connectivity index is 1.41. The first-order valence-electron chi connectivity index (χ1n) is 12.2. The Labute approximate surface area is 210 Å². The second-order valence-corrected chi connectivity index (χ2v) is 10.1. The molecular weight excluding hydrogens is 442 g/mol. The Morgan fingerprint density at radius 1 is 0.694 bits per heavy atom. The van der Waals surface area contributed by atoms with Crippen LogP contribution in [0.4, 0.5) is 0 Å². The summed E-state index contributed by atoms with van der Waals surface area (Å²) in [5, 5.41) is 2.31. The van der Waals surface area contributed by atoms with Gasteiger partial charge in [-0.25, -0.2) is 9.97 Å². The molecule has 1 N–H and O–H groups in total. The van der Waals surface area contributed by atoms with Gasteiger partial charge in [-0.1, -0.05) is 69.3 Å². The minimum absolute atomic E-state index is 0.0569. The van der Waals surface area contributed by atoms with Gasteiger partial charge in [-0.05, 0) is 64.6 Å². The number of H-pyrrole nitrogens is 1. The van der Waals surface area contributed by atoms with Crippen LogP contribution in [0.2, 0.25) is 0 Å². The van der Waals surface area contributed by atoms with Crippen LogP contribution >= 0.6 is 0 Å². The van der Waals surface area contributed by atoms with Crippen molar-refractivity contribution in [1.29, 1.82) is 0 Å². The third-order valence-corrected chi connectivity index (χ3v) is 6.50. The van der Waals surface area contributed by atoms with Crippen molar-refractivity contribution in [2.45, 2.75) is 26.2 Å². The lowest BCUT2D eigenvalue weighted by Crippen LogP contribution is -2.11. The number of pyridine rings is 2. The van der Waals surface area contributed by atoms with Crippen molar-refractivity contribution in [2.75, 3.05) is 0 Å². The number of nitrogens with zero attached hydrogens (tertiary/aromatic N) is 2. The SMILES string of the molecule is CC(C)(C)c1cc(Oc2cc(-c3ccccc3)ccn2)cc(-c2ccc3c(n2)[nH]c2ccccc23)c1. The normalized spacial score (nSPS) is 11.8. The summed E-state index contributed by atoms with van der Waals surface area (Å²) in [5.41, 5.74) is 7.20. The van der Waals surface area contributed by atoms with Crippen molar-refractivity contribution < 1.29 is 4.74 Å². The summed E-state index contributed by atoms with van der Waals surface area (Å²) in [6.45, 7) is 6.62. The molecule has 0 aliphatic rings. The van der Waals surface area contributed by atoms with Crippen molar-refractivity contribution in [3.8, 4) is 34.0 Å². The number of aromatic amines is 1. The van der Waals surface area contributed by atoms with Gasteiger partial charge in [0.15, 0.2) is 0 Å². The molecule has 0 aliphatic heterocycles. The summed E-state index contributed by atoms with van der Waals surface area (Å²) in [6, 6.07) is 33.1. The predicted octanol–water partition coefficient (Wildman–Crippen LogP) is 8.53. The lowest BCUT2D eigenvalue weighted by Gasteiger charge is -2.21. The number of para-hydroxylation sites is 1. The fourth-order valence-electron chi connectivity index (χ4n) is 4.52. The molecule has 6 rings (SSSR count). The Bertz CT molecular complexity index is 1690. The largest absolute Gasteiger partial charge is 0.439 e. The highest BCUT2D eigenvalue weighted by Crippen LogP contribution is 2.35. The van der Waals surface area contributed by atoms with E-state index in [2.05, 4.69) is 85.3 Å². The van der Waals surface area contributed by atoms with Gasteiger partial charge < -0.3 is 9.72 Å². The van der Waals surface area contributed by atoms with Gasteiger partial charge >= 0.3 is 0 Å². The summed E-state index contributed by atoms with van der Waals surface area (Å²) >= 11 is 0. The minimum Gasteiger partial charge on any atom is -0.439 e. The van der Waals surface area contributed by atoms with Crippen LogP contribution in [0.5, 0.6) is 11.6 Å². The van der Waals surface area contributed by atoms with Gasteiger partial charge in [0.1, 0.15) is 11.4 Å². The minimum atomic E-state index is -0.0569. The fourth-order valence-corrected chi connectivity index (χ4v) is 4.52. The Morgan fingerprint density at radius 3 is 2.33 bits per heavy atom. The van der Waals surface area contributed by atoms with Crippen LogP contribution in [0.25, 0.3) is 44.3 Å². The Morgan fingerprint density at radius 2 is 1.50 bits per heavy atom. The highest BCUT2D eigenvalue weighted by atomic mass is 16.5. The number of fused-ring (bicyclic) bond motifs is 3. The maximum Gasteiger partial charge on any atom is 0.219 e. The highest BCUT2D eigenvalue weighted by Gasteiger charge is 2.18. The molecule has 3 aromatic heterocycles. The van der Waals surface area contributed by atoms with Crippen molar-refractivity contribution in [3.63, 3.8) is 0 Å². The van der Waals surface area contributed by atoms with Gasteiger partial charge in [0, 0.05) is 34.1 Å². The van der Waals surface area contributed by atoms with Crippen molar-refractivity contribution in [1.82, 2.24) is 15.0 Å². The fraction of sp³-hybridized carbons (Fsp3) is 0.125. The first-order chi connectivity index (χ1) is 17.4. The predicted molar refractivity (Wildman–Crippen MR) is 147 cm³/mol. The van der Waals surface area contributed by atoms with E-state index < -0.39 is 0 Å². The van der Waals surface area contributed by atoms with Crippen LogP contribution in [0.15, 0.2) is 103 Å². The van der Waals surface area contributed by atoms with Crippen LogP contribution in [-0.4, -0.2) is 15.0 Å². The van der Waals surface area contributed by atoms with Crippen molar-refractivity contribution >= 4 is 21.9 Å². The summed E-state index contributed by atoms with van der Waals surface area (Å²) in [5.74, 6) is 1.31. The number of hydrogen-bond donors (Lipinski definition) is 1. The molecule has 3 aromatic carbocycles. The molecule has 0 unspecified atom stereocenters. The van der Waals surface area contributed by atoms with Crippen molar-refractivity contribution in [2.24, 2.45) is 0 Å². The zero-order valence-electron chi connectivity index (χ0n) is 20.6. The number of aromatic nitrogens is 3. The van der Waals surface area contributed by atoms with Gasteiger partial charge in [-0.2, -0.15) is 0 Å². The van der Waals surface area contributed by atoms with E-state index in [4.69, 9.17) is 9.72 Å². The number of ether oxygens (including phenoxy) is 1. The number of benzene rings is 3. The molecule has 0 saturated heterocycles. The summed E-state index contributed by atoms with van der Waals surface area (Å²) in [4.78, 5) is 12.9. The molecule has 0 saturated carbocycles. The van der Waals surface area contributed by atoms with Gasteiger partial charge in [0.05, 0.1) is 5.69 Å². The molecule has 0 radical (unpaired) electrons. The summed E-state index contributed by atoms with van der Waals surface area (Å²) in [7, 11) is 0. The molecule has 4 nitrogen and oxygen atoms in total. The maximum absolute atomic E-state index is 6.33. The first-order valence-corrected chi connectivity index (χ1v) is 12.2. The first kappa shape index (κ1) is 22.1. The van der Waals surface area contributed by atoms with Gasteiger partial charge in [-0.15, -0.1) is 0 Å². The smallest absolute Gasteiger partial charge is 0.219 e. The van der Waals surface area contributed by atoms with Gasteiger partial charge in [0.25, 0.3) is 0 Å². The number of rotatable bonds is 4. The maximum atomic E-state index is 6.33. The quantitative estimate of drug-likeness (QED) is 0.281. The molecule has 4 heteroatoms. The third-order valence-electron chi connectivity index (χ3n) is 6.50. The summed E-state index contributed by atoms with van der Waals surface area (Å²) < 4.78 is 6.33. The molecule has 3 heterocycles.